The molecule has 1 aromatic rings. The molecule has 2 aliphatic rings. The van der Waals surface area contributed by atoms with Gasteiger partial charge in [0, 0.05) is 10.3 Å². The maximum absolute atomic E-state index is 12.0. The first-order chi connectivity index (χ1) is 12.7. The molecular formula is C15H14Cl2N2O6S2. The maximum atomic E-state index is 12.0. The van der Waals surface area contributed by atoms with Crippen LogP contribution < -0.4 is 4.90 Å². The van der Waals surface area contributed by atoms with Crippen LogP contribution in [0.5, 0.6) is 0 Å². The Balaban J connectivity index is 1.91. The number of hydrogen-bond donors (Lipinski definition) is 1. The zero-order chi connectivity index (χ0) is 19.8. The van der Waals surface area contributed by atoms with E-state index in [0.29, 0.717) is 15.7 Å². The minimum absolute atomic E-state index is 0.0280. The van der Waals surface area contributed by atoms with Gasteiger partial charge in [-0.2, -0.15) is 4.99 Å². The number of aliphatic imine (C=N–C) groups is 1. The first-order valence-corrected chi connectivity index (χ1v) is 11.1. The summed E-state index contributed by atoms with van der Waals surface area (Å²) in [5.74, 6) is -1.99. The molecule has 2 heterocycles. The van der Waals surface area contributed by atoms with Crippen molar-refractivity contribution in [1.29, 1.82) is 0 Å². The van der Waals surface area contributed by atoms with Crippen molar-refractivity contribution in [3.63, 3.8) is 0 Å². The third-order valence-electron chi connectivity index (χ3n) is 3.91. The van der Waals surface area contributed by atoms with Crippen molar-refractivity contribution in [2.75, 3.05) is 29.6 Å². The predicted octanol–water partition coefficient (Wildman–Crippen LogP) is 1.70. The minimum atomic E-state index is -3.21. The second-order valence-corrected chi connectivity index (χ2v) is 10.1. The van der Waals surface area contributed by atoms with E-state index in [1.54, 1.807) is 23.1 Å². The van der Waals surface area contributed by atoms with E-state index in [2.05, 4.69) is 4.99 Å². The number of hydrogen-bond acceptors (Lipinski definition) is 6. The Labute approximate surface area is 169 Å². The Morgan fingerprint density at radius 2 is 2.04 bits per heavy atom. The SMILES string of the molecule is O=C(O)COCC(=O)N=C1S[C@@H]2CS(=O)(=O)C[C@H]2N1c1cc(Cl)ccc1Cl. The van der Waals surface area contributed by atoms with Crippen LogP contribution in [0.25, 0.3) is 0 Å². The fourth-order valence-corrected chi connectivity index (χ4v) is 7.18. The van der Waals surface area contributed by atoms with Gasteiger partial charge in [0.1, 0.15) is 13.2 Å². The molecule has 1 aromatic carbocycles. The fourth-order valence-electron chi connectivity index (χ4n) is 2.88. The number of aliphatic carboxylic acids is 1. The zero-order valence-corrected chi connectivity index (χ0v) is 16.8. The van der Waals surface area contributed by atoms with Gasteiger partial charge in [0.15, 0.2) is 15.0 Å². The molecule has 1 N–H and O–H groups in total. The molecule has 146 valence electrons. The number of carboxylic acids is 1. The van der Waals surface area contributed by atoms with Crippen LogP contribution in [0, 0.1) is 0 Å². The third kappa shape index (κ3) is 4.75. The number of halogens is 2. The predicted molar refractivity (Wildman–Crippen MR) is 104 cm³/mol. The summed E-state index contributed by atoms with van der Waals surface area (Å²) >= 11 is 13.5. The number of ether oxygens (including phenoxy) is 1. The van der Waals surface area contributed by atoms with Gasteiger partial charge in [0.25, 0.3) is 5.91 Å². The molecule has 2 aliphatic heterocycles. The van der Waals surface area contributed by atoms with E-state index in [4.69, 9.17) is 33.0 Å². The first-order valence-electron chi connectivity index (χ1n) is 7.69. The quantitative estimate of drug-likeness (QED) is 0.717. The van der Waals surface area contributed by atoms with Crippen molar-refractivity contribution in [3.05, 3.63) is 28.2 Å². The monoisotopic (exact) mass is 452 g/mol. The lowest BCUT2D eigenvalue weighted by molar-refractivity contribution is -0.143. The van der Waals surface area contributed by atoms with E-state index in [-0.39, 0.29) is 21.9 Å². The van der Waals surface area contributed by atoms with Crippen LogP contribution in [0.3, 0.4) is 0 Å². The molecule has 2 saturated heterocycles. The van der Waals surface area contributed by atoms with Crippen LogP contribution in [0.2, 0.25) is 10.0 Å². The summed E-state index contributed by atoms with van der Waals surface area (Å²) in [4.78, 5) is 28.1. The number of amides is 1. The Bertz CT molecular complexity index is 921. The van der Waals surface area contributed by atoms with Crippen molar-refractivity contribution in [2.24, 2.45) is 4.99 Å². The van der Waals surface area contributed by atoms with Crippen LogP contribution >= 0.6 is 35.0 Å². The molecule has 12 heteroatoms. The van der Waals surface area contributed by atoms with Crippen molar-refractivity contribution >= 4 is 67.5 Å². The summed E-state index contributed by atoms with van der Waals surface area (Å²) in [6, 6.07) is 4.33. The summed E-state index contributed by atoms with van der Waals surface area (Å²) in [7, 11) is -3.21. The van der Waals surface area contributed by atoms with Crippen LogP contribution in [-0.4, -0.2) is 66.6 Å². The van der Waals surface area contributed by atoms with Gasteiger partial charge >= 0.3 is 5.97 Å². The fraction of sp³-hybridized carbons (Fsp3) is 0.400. The molecule has 8 nitrogen and oxygen atoms in total. The summed E-state index contributed by atoms with van der Waals surface area (Å²) in [6.45, 7) is -1.11. The lowest BCUT2D eigenvalue weighted by atomic mass is 10.2. The Morgan fingerprint density at radius 1 is 1.30 bits per heavy atom. The van der Waals surface area contributed by atoms with E-state index in [1.165, 1.54) is 11.8 Å². The van der Waals surface area contributed by atoms with Crippen molar-refractivity contribution < 1.29 is 27.9 Å². The zero-order valence-electron chi connectivity index (χ0n) is 13.7. The standard InChI is InChI=1S/C15H14Cl2N2O6S2/c16-8-1-2-9(17)10(3-8)19-11-6-27(23,24)7-12(11)26-15(19)18-13(20)4-25-5-14(21)22/h1-3,11-12H,4-7H2,(H,21,22)/t11-,12-/m1/s1. The van der Waals surface area contributed by atoms with Crippen molar-refractivity contribution in [2.45, 2.75) is 11.3 Å². The Morgan fingerprint density at radius 3 is 2.74 bits per heavy atom. The second-order valence-electron chi connectivity index (χ2n) is 5.94. The van der Waals surface area contributed by atoms with Gasteiger partial charge in [-0.3, -0.25) is 4.79 Å². The van der Waals surface area contributed by atoms with Crippen LogP contribution in [0.1, 0.15) is 0 Å². The largest absolute Gasteiger partial charge is 0.480 e. The molecule has 27 heavy (non-hydrogen) atoms. The maximum Gasteiger partial charge on any atom is 0.329 e. The molecule has 0 saturated carbocycles. The number of sulfone groups is 1. The molecule has 0 aliphatic carbocycles. The molecule has 2 fully saturated rings. The van der Waals surface area contributed by atoms with Crippen LogP contribution in [0.4, 0.5) is 5.69 Å². The minimum Gasteiger partial charge on any atom is -0.480 e. The highest BCUT2D eigenvalue weighted by Crippen LogP contribution is 2.43. The van der Waals surface area contributed by atoms with E-state index >= 15 is 0 Å². The number of carbonyl (C=O) groups is 2. The van der Waals surface area contributed by atoms with Crippen LogP contribution in [0.15, 0.2) is 23.2 Å². The molecule has 0 unspecified atom stereocenters. The van der Waals surface area contributed by atoms with E-state index in [1.807, 2.05) is 0 Å². The first kappa shape index (κ1) is 20.4. The van der Waals surface area contributed by atoms with E-state index < -0.39 is 41.0 Å². The van der Waals surface area contributed by atoms with Gasteiger partial charge < -0.3 is 14.7 Å². The highest BCUT2D eigenvalue weighted by atomic mass is 35.5. The normalized spacial score (nSPS) is 25.0. The number of rotatable bonds is 5. The highest BCUT2D eigenvalue weighted by Gasteiger charge is 2.49. The number of carbonyl (C=O) groups excluding carboxylic acids is 1. The topological polar surface area (TPSA) is 113 Å². The molecule has 0 aromatic heterocycles. The Kier molecular flexibility index (Phi) is 6.02. The average molecular weight is 453 g/mol. The van der Waals surface area contributed by atoms with Crippen molar-refractivity contribution in [3.8, 4) is 0 Å². The molecule has 0 spiro atoms. The number of fused-ring (bicyclic) bond motifs is 1. The van der Waals surface area contributed by atoms with Gasteiger partial charge in [-0.1, -0.05) is 35.0 Å². The van der Waals surface area contributed by atoms with Gasteiger partial charge in [-0.05, 0) is 18.2 Å². The van der Waals surface area contributed by atoms with E-state index in [0.717, 1.165) is 0 Å². The molecule has 0 radical (unpaired) electrons. The van der Waals surface area contributed by atoms with Gasteiger partial charge in [-0.15, -0.1) is 0 Å². The molecule has 0 bridgehead atoms. The number of thioether (sulfide) groups is 1. The van der Waals surface area contributed by atoms with Gasteiger partial charge in [0.05, 0.1) is 28.3 Å². The van der Waals surface area contributed by atoms with Crippen LogP contribution in [-0.2, 0) is 24.2 Å². The number of amidine groups is 1. The molecular weight excluding hydrogens is 439 g/mol. The second kappa shape index (κ2) is 7.96. The smallest absolute Gasteiger partial charge is 0.329 e. The van der Waals surface area contributed by atoms with Crippen molar-refractivity contribution in [1.82, 2.24) is 0 Å². The summed E-state index contributed by atoms with van der Waals surface area (Å²) < 4.78 is 28.8. The van der Waals surface area contributed by atoms with Gasteiger partial charge in [0.2, 0.25) is 0 Å². The van der Waals surface area contributed by atoms with E-state index in [9.17, 15) is 18.0 Å². The summed E-state index contributed by atoms with van der Waals surface area (Å²) in [5, 5.41) is 9.28. The average Bonchev–Trinajstić information content (AvgIpc) is 3.00. The molecule has 2 atom stereocenters. The lowest BCUT2D eigenvalue weighted by Crippen LogP contribution is -2.38. The highest BCUT2D eigenvalue weighted by molar-refractivity contribution is 8.16. The Hall–Kier alpha value is -1.33. The number of nitrogens with zero attached hydrogens (tertiary/aromatic N) is 2. The summed E-state index contributed by atoms with van der Waals surface area (Å²) in [5.41, 5.74) is 0.458. The number of benzene rings is 1. The lowest BCUT2D eigenvalue weighted by Gasteiger charge is -2.25. The molecule has 3 rings (SSSR count). The number of carboxylic acid groups (broad SMARTS) is 1. The third-order valence-corrected chi connectivity index (χ3v) is 7.67. The number of anilines is 1. The van der Waals surface area contributed by atoms with Gasteiger partial charge in [-0.25, -0.2) is 13.2 Å². The summed E-state index contributed by atoms with van der Waals surface area (Å²) in [6.07, 6.45) is 0. The molecule has 1 amide bonds.